The highest BCUT2D eigenvalue weighted by molar-refractivity contribution is 9.10. The molecule has 0 spiro atoms. The van der Waals surface area contributed by atoms with Gasteiger partial charge >= 0.3 is 0 Å². The molecule has 0 bridgehead atoms. The van der Waals surface area contributed by atoms with Gasteiger partial charge in [-0.25, -0.2) is 4.98 Å². The van der Waals surface area contributed by atoms with Crippen LogP contribution in [-0.4, -0.2) is 22.6 Å². The molecular formula is C14H16BrN3. The van der Waals surface area contributed by atoms with Gasteiger partial charge in [0.25, 0.3) is 0 Å². The van der Waals surface area contributed by atoms with E-state index in [2.05, 4.69) is 55.9 Å². The number of benzene rings is 1. The number of hydrogen-bond acceptors (Lipinski definition) is 2. The van der Waals surface area contributed by atoms with Crippen molar-refractivity contribution in [1.82, 2.24) is 14.9 Å². The van der Waals surface area contributed by atoms with Gasteiger partial charge in [0.15, 0.2) is 0 Å². The summed E-state index contributed by atoms with van der Waals surface area (Å²) >= 11 is 3.54. The summed E-state index contributed by atoms with van der Waals surface area (Å²) < 4.78 is 3.35. The largest absolute Gasteiger partial charge is 0.316 e. The summed E-state index contributed by atoms with van der Waals surface area (Å²) in [6, 6.07) is 6.42. The molecule has 2 aromatic rings. The Hall–Kier alpha value is -1.13. The molecule has 1 aliphatic heterocycles. The van der Waals surface area contributed by atoms with Gasteiger partial charge in [-0.05, 0) is 43.7 Å². The van der Waals surface area contributed by atoms with Gasteiger partial charge in [0.2, 0.25) is 0 Å². The van der Waals surface area contributed by atoms with Crippen molar-refractivity contribution < 1.29 is 0 Å². The molecule has 3 nitrogen and oxygen atoms in total. The van der Waals surface area contributed by atoms with Crippen molar-refractivity contribution in [1.29, 1.82) is 0 Å². The molecule has 1 saturated heterocycles. The second-order valence-corrected chi connectivity index (χ2v) is 5.67. The van der Waals surface area contributed by atoms with Crippen LogP contribution in [0.25, 0.3) is 5.69 Å². The summed E-state index contributed by atoms with van der Waals surface area (Å²) in [7, 11) is 0. The van der Waals surface area contributed by atoms with Crippen LogP contribution in [0.2, 0.25) is 0 Å². The Labute approximate surface area is 115 Å². The molecule has 94 valence electrons. The van der Waals surface area contributed by atoms with Gasteiger partial charge in [0.05, 0.1) is 6.33 Å². The van der Waals surface area contributed by atoms with Crippen LogP contribution in [0, 0.1) is 6.92 Å². The van der Waals surface area contributed by atoms with Gasteiger partial charge in [-0.3, -0.25) is 0 Å². The maximum Gasteiger partial charge on any atom is 0.0994 e. The molecule has 0 saturated carbocycles. The third-order valence-corrected chi connectivity index (χ3v) is 4.46. The number of nitrogens with one attached hydrogen (secondary N) is 1. The molecule has 0 amide bonds. The number of imidazole rings is 1. The van der Waals surface area contributed by atoms with E-state index in [1.54, 1.807) is 0 Å². The molecule has 4 heteroatoms. The van der Waals surface area contributed by atoms with Crippen molar-refractivity contribution >= 4 is 15.9 Å². The maximum atomic E-state index is 4.32. The molecule has 1 atom stereocenters. The first-order valence-corrected chi connectivity index (χ1v) is 7.04. The Balaban J connectivity index is 2.00. The van der Waals surface area contributed by atoms with E-state index >= 15 is 0 Å². The lowest BCUT2D eigenvalue weighted by Gasteiger charge is -2.13. The monoisotopic (exact) mass is 305 g/mol. The molecule has 3 rings (SSSR count). The normalized spacial score (nSPS) is 19.3. The van der Waals surface area contributed by atoms with E-state index in [0.717, 1.165) is 17.6 Å². The Kier molecular flexibility index (Phi) is 3.22. The second kappa shape index (κ2) is 4.86. The van der Waals surface area contributed by atoms with Gasteiger partial charge in [-0.1, -0.05) is 15.9 Å². The van der Waals surface area contributed by atoms with Crippen LogP contribution >= 0.6 is 15.9 Å². The zero-order chi connectivity index (χ0) is 12.5. The highest BCUT2D eigenvalue weighted by atomic mass is 79.9. The summed E-state index contributed by atoms with van der Waals surface area (Å²) in [5.41, 5.74) is 3.74. The van der Waals surface area contributed by atoms with Crippen LogP contribution in [-0.2, 0) is 0 Å². The molecular weight excluding hydrogens is 290 g/mol. The van der Waals surface area contributed by atoms with Crippen LogP contribution in [0.1, 0.15) is 23.6 Å². The van der Waals surface area contributed by atoms with Gasteiger partial charge < -0.3 is 9.88 Å². The summed E-state index contributed by atoms with van der Waals surface area (Å²) in [5.74, 6) is 0.580. The van der Waals surface area contributed by atoms with E-state index in [4.69, 9.17) is 0 Å². The Morgan fingerprint density at radius 2 is 2.33 bits per heavy atom. The van der Waals surface area contributed by atoms with Crippen molar-refractivity contribution in [3.8, 4) is 5.69 Å². The first kappa shape index (κ1) is 11.9. The van der Waals surface area contributed by atoms with Crippen LogP contribution < -0.4 is 5.32 Å². The second-order valence-electron chi connectivity index (χ2n) is 4.81. The lowest BCUT2D eigenvalue weighted by molar-refractivity contribution is 0.713. The fourth-order valence-corrected chi connectivity index (χ4v) is 2.76. The van der Waals surface area contributed by atoms with E-state index in [-0.39, 0.29) is 0 Å². The Bertz CT molecular complexity index is 556. The van der Waals surface area contributed by atoms with Crippen LogP contribution in [0.4, 0.5) is 0 Å². The van der Waals surface area contributed by atoms with E-state index in [9.17, 15) is 0 Å². The van der Waals surface area contributed by atoms with Crippen molar-refractivity contribution in [2.45, 2.75) is 19.3 Å². The number of nitrogens with zero attached hydrogens (tertiary/aromatic N) is 2. The zero-order valence-electron chi connectivity index (χ0n) is 10.4. The number of hydrogen-bond donors (Lipinski definition) is 1. The molecule has 1 N–H and O–H groups in total. The first-order chi connectivity index (χ1) is 8.75. The summed E-state index contributed by atoms with van der Waals surface area (Å²) in [6.07, 6.45) is 5.10. The van der Waals surface area contributed by atoms with Gasteiger partial charge in [-0.15, -0.1) is 0 Å². The van der Waals surface area contributed by atoms with Gasteiger partial charge in [0.1, 0.15) is 0 Å². The summed E-state index contributed by atoms with van der Waals surface area (Å²) in [4.78, 5) is 4.32. The molecule has 1 unspecified atom stereocenters. The molecule has 2 heterocycles. The first-order valence-electron chi connectivity index (χ1n) is 6.25. The number of aromatic nitrogens is 2. The van der Waals surface area contributed by atoms with Crippen molar-refractivity contribution in [2.75, 3.05) is 13.1 Å². The third-order valence-electron chi connectivity index (χ3n) is 3.57. The lowest BCUT2D eigenvalue weighted by atomic mass is 10.1. The topological polar surface area (TPSA) is 29.9 Å². The predicted octanol–water partition coefficient (Wildman–Crippen LogP) is 3.02. The standard InChI is InChI=1S/C14H16BrN3/c1-10-6-12(2-3-13(10)15)18-9-17-8-14(18)11-4-5-16-7-11/h2-3,6,8-9,11,16H,4-5,7H2,1H3. The molecule has 0 radical (unpaired) electrons. The third kappa shape index (κ3) is 2.10. The zero-order valence-corrected chi connectivity index (χ0v) is 11.9. The van der Waals surface area contributed by atoms with E-state index in [1.807, 2.05) is 12.5 Å². The maximum absolute atomic E-state index is 4.32. The highest BCUT2D eigenvalue weighted by Crippen LogP contribution is 2.26. The minimum atomic E-state index is 0.580. The van der Waals surface area contributed by atoms with Crippen molar-refractivity contribution in [2.24, 2.45) is 0 Å². The minimum absolute atomic E-state index is 0.580. The van der Waals surface area contributed by atoms with Gasteiger partial charge in [-0.2, -0.15) is 0 Å². The fraction of sp³-hybridized carbons (Fsp3) is 0.357. The van der Waals surface area contributed by atoms with E-state index in [0.29, 0.717) is 5.92 Å². The average Bonchev–Trinajstić information content (AvgIpc) is 3.00. The molecule has 1 aromatic carbocycles. The summed E-state index contributed by atoms with van der Waals surface area (Å²) in [5, 5.41) is 3.41. The quantitative estimate of drug-likeness (QED) is 0.924. The fourth-order valence-electron chi connectivity index (χ4n) is 2.51. The molecule has 1 aliphatic rings. The molecule has 0 aliphatic carbocycles. The lowest BCUT2D eigenvalue weighted by Crippen LogP contribution is -2.10. The van der Waals surface area contributed by atoms with Gasteiger partial charge in [0, 0.05) is 34.5 Å². The van der Waals surface area contributed by atoms with Crippen molar-refractivity contribution in [3.63, 3.8) is 0 Å². The minimum Gasteiger partial charge on any atom is -0.316 e. The predicted molar refractivity (Wildman–Crippen MR) is 76.2 cm³/mol. The van der Waals surface area contributed by atoms with Crippen LogP contribution in [0.3, 0.4) is 0 Å². The van der Waals surface area contributed by atoms with Crippen LogP contribution in [0.15, 0.2) is 35.2 Å². The molecule has 1 aromatic heterocycles. The van der Waals surface area contributed by atoms with E-state index in [1.165, 1.54) is 23.4 Å². The smallest absolute Gasteiger partial charge is 0.0994 e. The summed E-state index contributed by atoms with van der Waals surface area (Å²) in [6.45, 7) is 4.28. The van der Waals surface area contributed by atoms with Crippen LogP contribution in [0.5, 0.6) is 0 Å². The van der Waals surface area contributed by atoms with Crippen molar-refractivity contribution in [3.05, 3.63) is 46.5 Å². The average molecular weight is 306 g/mol. The Morgan fingerprint density at radius 3 is 3.06 bits per heavy atom. The number of aryl methyl sites for hydroxylation is 1. The molecule has 1 fully saturated rings. The highest BCUT2D eigenvalue weighted by Gasteiger charge is 2.20. The Morgan fingerprint density at radius 1 is 1.44 bits per heavy atom. The SMILES string of the molecule is Cc1cc(-n2cncc2C2CCNC2)ccc1Br. The van der Waals surface area contributed by atoms with E-state index < -0.39 is 0 Å². The number of rotatable bonds is 2. The molecule has 18 heavy (non-hydrogen) atoms. The number of halogens is 1.